The summed E-state index contributed by atoms with van der Waals surface area (Å²) >= 11 is 1.06. The highest BCUT2D eigenvalue weighted by Gasteiger charge is 2.56. The largest absolute Gasteiger partial charge is 0.388 e. The van der Waals surface area contributed by atoms with E-state index in [0.29, 0.717) is 5.13 Å². The second-order valence-electron chi connectivity index (χ2n) is 4.38. The Balaban J connectivity index is 1.81. The van der Waals surface area contributed by atoms with Crippen molar-refractivity contribution in [3.8, 4) is 0 Å². The van der Waals surface area contributed by atoms with Crippen LogP contribution in [0.25, 0.3) is 0 Å². The van der Waals surface area contributed by atoms with E-state index in [1.807, 2.05) is 0 Å². The molecule has 0 amide bonds. The second-order valence-corrected chi connectivity index (χ2v) is 5.12. The molecule has 0 aromatic carbocycles. The molecular formula is C8H12N4O4S. The number of rotatable bonds is 2. The summed E-state index contributed by atoms with van der Waals surface area (Å²) in [6.07, 6.45) is -2.62. The molecule has 94 valence electrons. The average molecular weight is 260 g/mol. The van der Waals surface area contributed by atoms with Crippen molar-refractivity contribution in [2.75, 3.05) is 11.9 Å². The summed E-state index contributed by atoms with van der Waals surface area (Å²) in [5.41, 5.74) is -0.846. The predicted octanol–water partition coefficient (Wildman–Crippen LogP) is -1.42. The van der Waals surface area contributed by atoms with Crippen molar-refractivity contribution in [1.82, 2.24) is 14.8 Å². The SMILES string of the molecule is C[C@@]12CO[C@@H](O1)[C@H](Nc1nnns1)[C@@H](O)[C@H]2O. The Morgan fingerprint density at radius 3 is 3.06 bits per heavy atom. The Labute approximate surface area is 101 Å². The van der Waals surface area contributed by atoms with Gasteiger partial charge in [0, 0.05) is 11.5 Å². The highest BCUT2D eigenvalue weighted by Crippen LogP contribution is 2.37. The minimum absolute atomic E-state index is 0.252. The molecule has 9 heteroatoms. The summed E-state index contributed by atoms with van der Waals surface area (Å²) in [7, 11) is 0. The van der Waals surface area contributed by atoms with Gasteiger partial charge in [-0.25, -0.2) is 0 Å². The van der Waals surface area contributed by atoms with Gasteiger partial charge in [-0.05, 0) is 12.1 Å². The quantitative estimate of drug-likeness (QED) is 0.594. The van der Waals surface area contributed by atoms with Crippen LogP contribution in [0.15, 0.2) is 0 Å². The molecule has 3 heterocycles. The molecule has 0 saturated carbocycles. The first-order valence-corrected chi connectivity index (χ1v) is 5.95. The van der Waals surface area contributed by atoms with Gasteiger partial charge >= 0.3 is 0 Å². The highest BCUT2D eigenvalue weighted by atomic mass is 32.1. The molecule has 2 aliphatic heterocycles. The van der Waals surface area contributed by atoms with E-state index in [2.05, 4.69) is 20.1 Å². The molecule has 1 aromatic heterocycles. The van der Waals surface area contributed by atoms with E-state index in [9.17, 15) is 10.2 Å². The van der Waals surface area contributed by atoms with E-state index < -0.39 is 30.1 Å². The third-order valence-corrected chi connectivity index (χ3v) is 3.65. The fraction of sp³-hybridized carbons (Fsp3) is 0.875. The first-order chi connectivity index (χ1) is 8.10. The molecule has 2 bridgehead atoms. The third-order valence-electron chi connectivity index (χ3n) is 3.12. The number of nitrogens with zero attached hydrogens (tertiary/aromatic N) is 3. The zero-order chi connectivity index (χ0) is 12.0. The van der Waals surface area contributed by atoms with Gasteiger partial charge in [0.25, 0.3) is 0 Å². The van der Waals surface area contributed by atoms with Crippen LogP contribution in [0.4, 0.5) is 5.13 Å². The van der Waals surface area contributed by atoms with Crippen molar-refractivity contribution in [1.29, 1.82) is 0 Å². The predicted molar refractivity (Wildman–Crippen MR) is 56.4 cm³/mol. The molecule has 3 rings (SSSR count). The normalized spacial score (nSPS) is 44.9. The maximum Gasteiger partial charge on any atom is 0.225 e. The number of nitrogens with one attached hydrogen (secondary N) is 1. The number of hydrogen-bond acceptors (Lipinski definition) is 9. The lowest BCUT2D eigenvalue weighted by atomic mass is 9.89. The van der Waals surface area contributed by atoms with Crippen LogP contribution in [0, 0.1) is 0 Å². The summed E-state index contributed by atoms with van der Waals surface area (Å²) in [6.45, 7) is 1.96. The van der Waals surface area contributed by atoms with Crippen LogP contribution >= 0.6 is 11.5 Å². The van der Waals surface area contributed by atoms with Crippen molar-refractivity contribution < 1.29 is 19.7 Å². The van der Waals surface area contributed by atoms with E-state index in [1.54, 1.807) is 6.92 Å². The number of aliphatic hydroxyl groups excluding tert-OH is 2. The Hall–Kier alpha value is -0.870. The van der Waals surface area contributed by atoms with Gasteiger partial charge in [0.05, 0.1) is 6.61 Å². The van der Waals surface area contributed by atoms with Crippen LogP contribution in [-0.2, 0) is 9.47 Å². The second kappa shape index (κ2) is 3.82. The van der Waals surface area contributed by atoms with Gasteiger partial charge < -0.3 is 25.0 Å². The van der Waals surface area contributed by atoms with Crippen molar-refractivity contribution in [2.45, 2.75) is 37.1 Å². The molecule has 0 unspecified atom stereocenters. The number of fused-ring (bicyclic) bond motifs is 2. The van der Waals surface area contributed by atoms with Crippen molar-refractivity contribution in [3.63, 3.8) is 0 Å². The summed E-state index contributed by atoms with van der Waals surface area (Å²) < 4.78 is 14.6. The van der Waals surface area contributed by atoms with Crippen molar-refractivity contribution in [3.05, 3.63) is 0 Å². The van der Waals surface area contributed by atoms with Crippen molar-refractivity contribution >= 4 is 16.7 Å². The van der Waals surface area contributed by atoms with E-state index in [-0.39, 0.29) is 6.61 Å². The molecule has 2 fully saturated rings. The van der Waals surface area contributed by atoms with Gasteiger partial charge in [0.2, 0.25) is 5.13 Å². The van der Waals surface area contributed by atoms with Gasteiger partial charge in [0.15, 0.2) is 6.29 Å². The highest BCUT2D eigenvalue weighted by molar-refractivity contribution is 7.09. The minimum Gasteiger partial charge on any atom is -0.388 e. The molecule has 17 heavy (non-hydrogen) atoms. The molecule has 8 nitrogen and oxygen atoms in total. The fourth-order valence-electron chi connectivity index (χ4n) is 2.12. The topological polar surface area (TPSA) is 110 Å². The monoisotopic (exact) mass is 260 g/mol. The molecular weight excluding hydrogens is 248 g/mol. The van der Waals surface area contributed by atoms with E-state index in [1.165, 1.54) is 0 Å². The standard InChI is InChI=1S/C8H12N4O4S/c1-8-2-15-6(16-8)3(4(13)5(8)14)9-7-10-11-12-17-7/h3-6,13-14H,2H2,1H3,(H,9,10,12)/t3-,4-,5-,6+,8+/m1/s1. The lowest BCUT2D eigenvalue weighted by Gasteiger charge is -2.40. The van der Waals surface area contributed by atoms with Crippen LogP contribution < -0.4 is 5.32 Å². The molecule has 5 atom stereocenters. The number of aliphatic hydroxyl groups is 2. The van der Waals surface area contributed by atoms with Crippen LogP contribution in [0.3, 0.4) is 0 Å². The Bertz CT molecular complexity index is 404. The van der Waals surface area contributed by atoms with Crippen molar-refractivity contribution in [2.24, 2.45) is 0 Å². The average Bonchev–Trinajstić information content (AvgIpc) is 2.91. The third kappa shape index (κ3) is 1.70. The molecule has 0 radical (unpaired) electrons. The maximum absolute atomic E-state index is 10.0. The Kier molecular flexibility index (Phi) is 2.52. The van der Waals surface area contributed by atoms with Gasteiger partial charge in [-0.1, -0.05) is 9.59 Å². The Morgan fingerprint density at radius 1 is 1.53 bits per heavy atom. The number of anilines is 1. The Morgan fingerprint density at radius 2 is 2.35 bits per heavy atom. The lowest BCUT2D eigenvalue weighted by Crippen LogP contribution is -2.61. The summed E-state index contributed by atoms with van der Waals surface area (Å²) in [5, 5.41) is 30.5. The first-order valence-electron chi connectivity index (χ1n) is 5.17. The van der Waals surface area contributed by atoms with Crippen LogP contribution in [0.1, 0.15) is 6.92 Å². The minimum atomic E-state index is -1.01. The zero-order valence-electron chi connectivity index (χ0n) is 8.98. The number of aromatic nitrogens is 3. The molecule has 3 N–H and O–H groups in total. The fourth-order valence-corrected chi connectivity index (χ4v) is 2.53. The smallest absolute Gasteiger partial charge is 0.225 e. The lowest BCUT2D eigenvalue weighted by molar-refractivity contribution is -0.208. The van der Waals surface area contributed by atoms with Gasteiger partial charge in [-0.3, -0.25) is 0 Å². The zero-order valence-corrected chi connectivity index (χ0v) is 9.79. The molecule has 1 aromatic rings. The molecule has 2 saturated heterocycles. The summed E-state index contributed by atoms with van der Waals surface area (Å²) in [5.74, 6) is 0. The van der Waals surface area contributed by atoms with E-state index >= 15 is 0 Å². The number of ether oxygens (including phenoxy) is 2. The van der Waals surface area contributed by atoms with Gasteiger partial charge in [0.1, 0.15) is 23.9 Å². The summed E-state index contributed by atoms with van der Waals surface area (Å²) in [6, 6.07) is -0.588. The molecule has 0 spiro atoms. The van der Waals surface area contributed by atoms with Crippen LogP contribution in [0.5, 0.6) is 0 Å². The number of hydrogen-bond donors (Lipinski definition) is 3. The van der Waals surface area contributed by atoms with Gasteiger partial charge in [-0.2, -0.15) is 0 Å². The van der Waals surface area contributed by atoms with E-state index in [4.69, 9.17) is 9.47 Å². The van der Waals surface area contributed by atoms with E-state index in [0.717, 1.165) is 11.5 Å². The van der Waals surface area contributed by atoms with Crippen LogP contribution in [0.2, 0.25) is 0 Å². The maximum atomic E-state index is 10.0. The van der Waals surface area contributed by atoms with Gasteiger partial charge in [-0.15, -0.1) is 0 Å². The molecule has 0 aliphatic carbocycles. The molecule has 2 aliphatic rings. The van der Waals surface area contributed by atoms with Crippen LogP contribution in [-0.4, -0.2) is 61.8 Å². The summed E-state index contributed by atoms with van der Waals surface area (Å²) in [4.78, 5) is 0. The first kappa shape index (κ1) is 11.2.